The Morgan fingerprint density at radius 2 is 1.60 bits per heavy atom. The second kappa shape index (κ2) is 2.18. The van der Waals surface area contributed by atoms with Crippen molar-refractivity contribution in [3.8, 4) is 0 Å². The number of hydrogen-bond acceptors (Lipinski definition) is 1. The highest BCUT2D eigenvalue weighted by Crippen LogP contribution is 1.75. The Bertz CT molecular complexity index is 18.9. The molecule has 0 spiro atoms. The molecule has 2 heteroatoms. The fourth-order valence-corrected chi connectivity index (χ4v) is 0. The first-order valence-electron chi connectivity index (χ1n) is 1.54. The minimum absolute atomic E-state index is 1.75. The molecule has 0 rings (SSSR count). The maximum absolute atomic E-state index is 3.72. The van der Waals surface area contributed by atoms with Crippen LogP contribution < -0.4 is 0 Å². The lowest BCUT2D eigenvalue weighted by atomic mass is 11.1. The van der Waals surface area contributed by atoms with Crippen molar-refractivity contribution in [2.75, 3.05) is 21.1 Å². The normalized spacial score (nSPS) is 9.60. The Morgan fingerprint density at radius 3 is 1.60 bits per heavy atom. The first-order valence-corrected chi connectivity index (χ1v) is 1.54. The standard InChI is InChI=1S/C3H9N2/c1-4-5(2)3/h1-3H3/q-1. The van der Waals surface area contributed by atoms with Crippen LogP contribution in [-0.2, 0) is 0 Å². The summed E-state index contributed by atoms with van der Waals surface area (Å²) in [6.07, 6.45) is 0. The van der Waals surface area contributed by atoms with E-state index in [0.29, 0.717) is 0 Å². The Balaban J connectivity index is 2.54. The molecule has 0 amide bonds. The summed E-state index contributed by atoms with van der Waals surface area (Å²) >= 11 is 0. The summed E-state index contributed by atoms with van der Waals surface area (Å²) in [5.41, 5.74) is 3.72. The molecule has 0 heterocycles. The van der Waals surface area contributed by atoms with Crippen LogP contribution in [0.25, 0.3) is 5.43 Å². The van der Waals surface area contributed by atoms with Crippen LogP contribution in [0.2, 0.25) is 0 Å². The van der Waals surface area contributed by atoms with Gasteiger partial charge >= 0.3 is 0 Å². The molecule has 0 aromatic carbocycles. The summed E-state index contributed by atoms with van der Waals surface area (Å²) in [5, 5.41) is 1.75. The highest BCUT2D eigenvalue weighted by atomic mass is 15.5. The summed E-state index contributed by atoms with van der Waals surface area (Å²) in [6, 6.07) is 0. The Hall–Kier alpha value is -0.0800. The average Bonchev–Trinajstić information content (AvgIpc) is 1.38. The van der Waals surface area contributed by atoms with Gasteiger partial charge in [0.25, 0.3) is 0 Å². The van der Waals surface area contributed by atoms with Crippen LogP contribution in [0.4, 0.5) is 0 Å². The molecule has 0 aromatic rings. The first-order chi connectivity index (χ1) is 2.27. The van der Waals surface area contributed by atoms with Gasteiger partial charge in [-0.15, -0.1) is 0 Å². The number of nitrogens with zero attached hydrogens (tertiary/aromatic N) is 2. The molecule has 0 aromatic heterocycles. The molecule has 0 aliphatic carbocycles. The number of rotatable bonds is 1. The van der Waals surface area contributed by atoms with Gasteiger partial charge in [0.2, 0.25) is 0 Å². The van der Waals surface area contributed by atoms with Crippen molar-refractivity contribution in [3.05, 3.63) is 5.43 Å². The number of hydrogen-bond donors (Lipinski definition) is 0. The molecule has 0 aliphatic rings. The second-order valence-corrected chi connectivity index (χ2v) is 1.05. The molecule has 0 aliphatic heterocycles. The van der Waals surface area contributed by atoms with Gasteiger partial charge in [-0.3, -0.25) is 0 Å². The molecule has 0 atom stereocenters. The molecular weight excluding hydrogens is 64.0 g/mol. The van der Waals surface area contributed by atoms with E-state index in [2.05, 4.69) is 5.43 Å². The van der Waals surface area contributed by atoms with Gasteiger partial charge in [-0.05, 0) is 14.1 Å². The summed E-state index contributed by atoms with van der Waals surface area (Å²) in [6.45, 7) is 0. The van der Waals surface area contributed by atoms with Crippen LogP contribution in [-0.4, -0.2) is 26.2 Å². The van der Waals surface area contributed by atoms with Crippen LogP contribution in [0, 0.1) is 0 Å². The molecule has 2 nitrogen and oxygen atoms in total. The molecule has 0 bridgehead atoms. The van der Waals surface area contributed by atoms with E-state index in [9.17, 15) is 0 Å². The Morgan fingerprint density at radius 1 is 1.40 bits per heavy atom. The molecule has 32 valence electrons. The third kappa shape index (κ3) is 3.92. The Kier molecular flexibility index (Phi) is 2.14. The molecule has 0 saturated heterocycles. The minimum atomic E-state index is 1.75. The molecule has 0 unspecified atom stereocenters. The van der Waals surface area contributed by atoms with Gasteiger partial charge in [0, 0.05) is 0 Å². The maximum atomic E-state index is 3.72. The highest BCUT2D eigenvalue weighted by Gasteiger charge is 1.53. The highest BCUT2D eigenvalue weighted by molar-refractivity contribution is 4.55. The van der Waals surface area contributed by atoms with Crippen LogP contribution in [0.3, 0.4) is 0 Å². The topological polar surface area (TPSA) is 17.3 Å². The van der Waals surface area contributed by atoms with E-state index in [0.717, 1.165) is 0 Å². The zero-order valence-corrected chi connectivity index (χ0v) is 3.89. The smallest absolute Gasteiger partial charge is 0.0319 e. The average molecular weight is 73.1 g/mol. The first kappa shape index (κ1) is 4.92. The molecule has 0 saturated carbocycles. The van der Waals surface area contributed by atoms with Gasteiger partial charge in [0.05, 0.1) is 0 Å². The quantitative estimate of drug-likeness (QED) is 0.412. The SMILES string of the molecule is C[N-]N(C)C. The van der Waals surface area contributed by atoms with Crippen molar-refractivity contribution in [1.82, 2.24) is 5.01 Å². The van der Waals surface area contributed by atoms with Gasteiger partial charge in [-0.25, -0.2) is 0 Å². The van der Waals surface area contributed by atoms with Crippen LogP contribution >= 0.6 is 0 Å². The molecule has 5 heavy (non-hydrogen) atoms. The van der Waals surface area contributed by atoms with Crippen LogP contribution in [0.1, 0.15) is 0 Å². The van der Waals surface area contributed by atoms with Crippen molar-refractivity contribution >= 4 is 0 Å². The van der Waals surface area contributed by atoms with Gasteiger partial charge < -0.3 is 10.4 Å². The van der Waals surface area contributed by atoms with Crippen molar-refractivity contribution < 1.29 is 0 Å². The summed E-state index contributed by atoms with van der Waals surface area (Å²) < 4.78 is 0. The lowest BCUT2D eigenvalue weighted by Gasteiger charge is -2.21. The van der Waals surface area contributed by atoms with Crippen molar-refractivity contribution in [1.29, 1.82) is 0 Å². The van der Waals surface area contributed by atoms with Crippen molar-refractivity contribution in [3.63, 3.8) is 0 Å². The molecule has 0 N–H and O–H groups in total. The van der Waals surface area contributed by atoms with E-state index in [1.165, 1.54) is 0 Å². The molecule has 0 radical (unpaired) electrons. The fraction of sp³-hybridized carbons (Fsp3) is 1.00. The predicted molar refractivity (Wildman–Crippen MR) is 23.0 cm³/mol. The van der Waals surface area contributed by atoms with Gasteiger partial charge in [-0.1, -0.05) is 0 Å². The van der Waals surface area contributed by atoms with Crippen LogP contribution in [0.15, 0.2) is 0 Å². The van der Waals surface area contributed by atoms with Gasteiger partial charge in [-0.2, -0.15) is 7.05 Å². The molecule has 0 fully saturated rings. The van der Waals surface area contributed by atoms with Gasteiger partial charge in [0.15, 0.2) is 0 Å². The Labute approximate surface area is 32.7 Å². The maximum Gasteiger partial charge on any atom is -0.0319 e. The van der Waals surface area contributed by atoms with E-state index in [4.69, 9.17) is 0 Å². The second-order valence-electron chi connectivity index (χ2n) is 1.05. The lowest BCUT2D eigenvalue weighted by molar-refractivity contribution is 0.524. The van der Waals surface area contributed by atoms with Crippen molar-refractivity contribution in [2.24, 2.45) is 0 Å². The summed E-state index contributed by atoms with van der Waals surface area (Å²) in [5.74, 6) is 0. The fourth-order valence-electron chi connectivity index (χ4n) is 0. The van der Waals surface area contributed by atoms with Crippen LogP contribution in [0.5, 0.6) is 0 Å². The van der Waals surface area contributed by atoms with Crippen molar-refractivity contribution in [2.45, 2.75) is 0 Å². The van der Waals surface area contributed by atoms with E-state index in [-0.39, 0.29) is 0 Å². The van der Waals surface area contributed by atoms with E-state index in [1.807, 2.05) is 14.1 Å². The minimum Gasteiger partial charge on any atom is -0.598 e. The zero-order valence-electron chi connectivity index (χ0n) is 3.89. The predicted octanol–water partition coefficient (Wildman–Crippen LogP) is 0.467. The third-order valence-corrected chi connectivity index (χ3v) is 0.400. The summed E-state index contributed by atoms with van der Waals surface area (Å²) in [4.78, 5) is 0. The van der Waals surface area contributed by atoms with Gasteiger partial charge in [0.1, 0.15) is 0 Å². The van der Waals surface area contributed by atoms with E-state index >= 15 is 0 Å². The summed E-state index contributed by atoms with van der Waals surface area (Å²) in [7, 11) is 5.53. The monoisotopic (exact) mass is 73.1 g/mol. The lowest BCUT2D eigenvalue weighted by Crippen LogP contribution is -2.00. The zero-order chi connectivity index (χ0) is 4.28. The largest absolute Gasteiger partial charge is 0.598 e. The van der Waals surface area contributed by atoms with E-state index in [1.54, 1.807) is 12.1 Å². The van der Waals surface area contributed by atoms with E-state index < -0.39 is 0 Å². The molecular formula is C3H9N2-. The third-order valence-electron chi connectivity index (χ3n) is 0.400.